The Kier molecular flexibility index (Phi) is 7.45. The van der Waals surface area contributed by atoms with Crippen molar-refractivity contribution < 1.29 is 14.3 Å². The van der Waals surface area contributed by atoms with E-state index in [1.165, 1.54) is 18.1 Å². The highest BCUT2D eigenvalue weighted by atomic mass is 28.4. The molecule has 1 aliphatic rings. The third-order valence-corrected chi connectivity index (χ3v) is 9.06. The van der Waals surface area contributed by atoms with E-state index in [1.807, 2.05) is 0 Å². The molecule has 0 radical (unpaired) electrons. The minimum atomic E-state index is -1.42. The third kappa shape index (κ3) is 4.65. The maximum atomic E-state index is 9.81. The minimum absolute atomic E-state index is 0.0447. The summed E-state index contributed by atoms with van der Waals surface area (Å²) in [6.07, 6.45) is 3.61. The Hall–Kier alpha value is 0.0969. The number of rotatable bonds is 8. The Bertz CT molecular complexity index is 211. The van der Waals surface area contributed by atoms with Crippen LogP contribution in [0.1, 0.15) is 46.5 Å². The van der Waals surface area contributed by atoms with Crippen LogP contribution in [-0.4, -0.2) is 38.8 Å². The molecule has 1 aliphatic heterocycles. The Morgan fingerprint density at radius 1 is 1.22 bits per heavy atom. The van der Waals surface area contributed by atoms with Crippen LogP contribution in [0.15, 0.2) is 0 Å². The molecule has 1 fully saturated rings. The average Bonchev–Trinajstić information content (AvgIpc) is 2.42. The predicted octanol–water partition coefficient (Wildman–Crippen LogP) is 3.33. The fraction of sp³-hybridized carbons (Fsp3) is 1.00. The second kappa shape index (κ2) is 8.30. The highest BCUT2D eigenvalue weighted by Gasteiger charge is 2.29. The second-order valence-corrected chi connectivity index (χ2v) is 10.1. The van der Waals surface area contributed by atoms with Gasteiger partial charge in [-0.15, -0.1) is 0 Å². The highest BCUT2D eigenvalue weighted by molar-refractivity contribution is 6.73. The average molecular weight is 274 g/mol. The molecule has 2 atom stereocenters. The number of hydrogen-bond acceptors (Lipinski definition) is 3. The molecular formula is C14H30O3Si. The maximum Gasteiger partial charge on any atom is 0.191 e. The molecule has 0 amide bonds. The van der Waals surface area contributed by atoms with Crippen molar-refractivity contribution in [3.63, 3.8) is 0 Å². The summed E-state index contributed by atoms with van der Waals surface area (Å²) >= 11 is 0. The molecule has 108 valence electrons. The molecule has 0 aromatic carbocycles. The molecule has 0 aromatic heterocycles. The molecule has 2 unspecified atom stereocenters. The van der Waals surface area contributed by atoms with Gasteiger partial charge in [0.05, 0.1) is 12.2 Å². The summed E-state index contributed by atoms with van der Waals surface area (Å²) in [5.74, 6) is 0. The van der Waals surface area contributed by atoms with Gasteiger partial charge in [-0.1, -0.05) is 20.8 Å². The molecule has 1 saturated heterocycles. The molecule has 0 aliphatic carbocycles. The van der Waals surface area contributed by atoms with Crippen molar-refractivity contribution >= 4 is 8.32 Å². The number of hydrogen-bond donors (Lipinski definition) is 1. The summed E-state index contributed by atoms with van der Waals surface area (Å²) in [4.78, 5) is 0. The van der Waals surface area contributed by atoms with Crippen LogP contribution in [0.5, 0.6) is 0 Å². The molecule has 18 heavy (non-hydrogen) atoms. The fourth-order valence-corrected chi connectivity index (χ4v) is 5.42. The standard InChI is InChI=1S/C14H30O3Si/c1-4-18(5-2,6-3)17-12-8-10-14-13(15)9-7-11-16-14/h13-15H,4-12H2,1-3H3. The third-order valence-electron chi connectivity index (χ3n) is 4.38. The summed E-state index contributed by atoms with van der Waals surface area (Å²) in [5.41, 5.74) is 0. The SMILES string of the molecule is CC[Si](CC)(CC)OCCCC1OCCCC1O. The van der Waals surface area contributed by atoms with Crippen molar-refractivity contribution in [3.05, 3.63) is 0 Å². The first-order chi connectivity index (χ1) is 8.67. The van der Waals surface area contributed by atoms with Gasteiger partial charge >= 0.3 is 0 Å². The lowest BCUT2D eigenvalue weighted by Gasteiger charge is -2.30. The van der Waals surface area contributed by atoms with Crippen molar-refractivity contribution in [1.82, 2.24) is 0 Å². The molecule has 1 heterocycles. The Morgan fingerprint density at radius 2 is 1.89 bits per heavy atom. The highest BCUT2D eigenvalue weighted by Crippen LogP contribution is 2.23. The van der Waals surface area contributed by atoms with Gasteiger partial charge in [-0.3, -0.25) is 0 Å². The molecular weight excluding hydrogens is 244 g/mol. The van der Waals surface area contributed by atoms with Gasteiger partial charge in [-0.25, -0.2) is 0 Å². The van der Waals surface area contributed by atoms with Crippen LogP contribution in [0, 0.1) is 0 Å². The predicted molar refractivity (Wildman–Crippen MR) is 77.4 cm³/mol. The van der Waals surface area contributed by atoms with Crippen molar-refractivity contribution in [1.29, 1.82) is 0 Å². The quantitative estimate of drug-likeness (QED) is 0.545. The zero-order valence-corrected chi connectivity index (χ0v) is 13.3. The number of aliphatic hydroxyl groups excluding tert-OH is 1. The van der Waals surface area contributed by atoms with E-state index in [9.17, 15) is 5.11 Å². The van der Waals surface area contributed by atoms with Crippen molar-refractivity contribution in [2.75, 3.05) is 13.2 Å². The van der Waals surface area contributed by atoms with Gasteiger partial charge in [-0.05, 0) is 43.8 Å². The number of aliphatic hydroxyl groups is 1. The van der Waals surface area contributed by atoms with Crippen LogP contribution in [0.2, 0.25) is 18.1 Å². The van der Waals surface area contributed by atoms with E-state index in [0.717, 1.165) is 38.9 Å². The first-order valence-electron chi connectivity index (χ1n) is 7.61. The van der Waals surface area contributed by atoms with Gasteiger partial charge < -0.3 is 14.3 Å². The molecule has 0 spiro atoms. The van der Waals surface area contributed by atoms with Gasteiger partial charge in [-0.2, -0.15) is 0 Å². The van der Waals surface area contributed by atoms with Gasteiger partial charge in [0, 0.05) is 13.2 Å². The van der Waals surface area contributed by atoms with Crippen molar-refractivity contribution in [2.45, 2.75) is 76.8 Å². The second-order valence-electron chi connectivity index (χ2n) is 5.35. The molecule has 1 rings (SSSR count). The summed E-state index contributed by atoms with van der Waals surface area (Å²) in [5, 5.41) is 9.81. The van der Waals surface area contributed by atoms with E-state index in [2.05, 4.69) is 20.8 Å². The molecule has 0 aromatic rings. The van der Waals surface area contributed by atoms with Gasteiger partial charge in [0.1, 0.15) is 0 Å². The largest absolute Gasteiger partial charge is 0.417 e. The lowest BCUT2D eigenvalue weighted by atomic mass is 10.0. The van der Waals surface area contributed by atoms with Crippen molar-refractivity contribution in [2.24, 2.45) is 0 Å². The minimum Gasteiger partial charge on any atom is -0.417 e. The molecule has 0 bridgehead atoms. The normalized spacial score (nSPS) is 25.3. The fourth-order valence-electron chi connectivity index (χ4n) is 2.73. The summed E-state index contributed by atoms with van der Waals surface area (Å²) in [6.45, 7) is 8.42. The van der Waals surface area contributed by atoms with E-state index in [4.69, 9.17) is 9.16 Å². The smallest absolute Gasteiger partial charge is 0.191 e. The Labute approximate surface area is 113 Å². The van der Waals surface area contributed by atoms with Crippen LogP contribution in [0.4, 0.5) is 0 Å². The van der Waals surface area contributed by atoms with Gasteiger partial charge in [0.2, 0.25) is 0 Å². The van der Waals surface area contributed by atoms with Crippen LogP contribution in [0.3, 0.4) is 0 Å². The van der Waals surface area contributed by atoms with E-state index < -0.39 is 8.32 Å². The Balaban J connectivity index is 2.20. The maximum absolute atomic E-state index is 9.81. The summed E-state index contributed by atoms with van der Waals surface area (Å²) in [7, 11) is -1.42. The monoisotopic (exact) mass is 274 g/mol. The van der Waals surface area contributed by atoms with Gasteiger partial charge in [0.15, 0.2) is 8.32 Å². The van der Waals surface area contributed by atoms with E-state index in [-0.39, 0.29) is 12.2 Å². The molecule has 3 nitrogen and oxygen atoms in total. The van der Waals surface area contributed by atoms with Crippen molar-refractivity contribution in [3.8, 4) is 0 Å². The zero-order chi connectivity index (χ0) is 13.4. The van der Waals surface area contributed by atoms with Crippen LogP contribution in [0.25, 0.3) is 0 Å². The van der Waals surface area contributed by atoms with E-state index >= 15 is 0 Å². The lowest BCUT2D eigenvalue weighted by molar-refractivity contribution is -0.0783. The summed E-state index contributed by atoms with van der Waals surface area (Å²) < 4.78 is 11.8. The van der Waals surface area contributed by atoms with Crippen LogP contribution < -0.4 is 0 Å². The van der Waals surface area contributed by atoms with E-state index in [1.54, 1.807) is 0 Å². The lowest BCUT2D eigenvalue weighted by Crippen LogP contribution is -2.37. The topological polar surface area (TPSA) is 38.7 Å². The number of ether oxygens (including phenoxy) is 1. The first-order valence-corrected chi connectivity index (χ1v) is 10.1. The first kappa shape index (κ1) is 16.2. The summed E-state index contributed by atoms with van der Waals surface area (Å²) in [6, 6.07) is 3.63. The molecule has 0 saturated carbocycles. The Morgan fingerprint density at radius 3 is 2.44 bits per heavy atom. The zero-order valence-electron chi connectivity index (χ0n) is 12.3. The van der Waals surface area contributed by atoms with E-state index in [0.29, 0.717) is 0 Å². The van der Waals surface area contributed by atoms with Crippen LogP contribution in [-0.2, 0) is 9.16 Å². The molecule has 1 N–H and O–H groups in total. The van der Waals surface area contributed by atoms with Gasteiger partial charge in [0.25, 0.3) is 0 Å². The molecule has 4 heteroatoms. The van der Waals surface area contributed by atoms with Crippen LogP contribution >= 0.6 is 0 Å².